The van der Waals surface area contributed by atoms with Crippen molar-refractivity contribution in [2.45, 2.75) is 25.7 Å². The van der Waals surface area contributed by atoms with Crippen LogP contribution in [0.15, 0.2) is 60.9 Å². The molecular weight excluding hydrogens is 412 g/mol. The molecule has 1 fully saturated rings. The molecule has 1 saturated heterocycles. The number of fused-ring (bicyclic) bond motifs is 2. The van der Waals surface area contributed by atoms with E-state index in [-0.39, 0.29) is 5.91 Å². The van der Waals surface area contributed by atoms with E-state index in [4.69, 9.17) is 9.72 Å². The van der Waals surface area contributed by atoms with Crippen molar-refractivity contribution in [1.29, 1.82) is 0 Å². The fourth-order valence-corrected chi connectivity index (χ4v) is 4.98. The number of aromatic amines is 1. The maximum Gasteiger partial charge on any atom is 0.255 e. The molecule has 6 rings (SSSR count). The number of para-hydroxylation sites is 2. The highest BCUT2D eigenvalue weighted by Crippen LogP contribution is 2.31. The summed E-state index contributed by atoms with van der Waals surface area (Å²) < 4.78 is 5.61. The highest BCUT2D eigenvalue weighted by molar-refractivity contribution is 5.95. The molecule has 0 radical (unpaired) electrons. The summed E-state index contributed by atoms with van der Waals surface area (Å²) in [7, 11) is 0. The average Bonchev–Trinajstić information content (AvgIpc) is 3.50. The van der Waals surface area contributed by atoms with Gasteiger partial charge in [0.05, 0.1) is 23.2 Å². The van der Waals surface area contributed by atoms with E-state index >= 15 is 0 Å². The van der Waals surface area contributed by atoms with Crippen LogP contribution < -0.4 is 4.74 Å². The number of nitrogens with zero attached hydrogens (tertiary/aromatic N) is 3. The van der Waals surface area contributed by atoms with Gasteiger partial charge in [0.1, 0.15) is 11.6 Å². The van der Waals surface area contributed by atoms with Crippen molar-refractivity contribution in [2.75, 3.05) is 19.7 Å². The summed E-state index contributed by atoms with van der Waals surface area (Å²) in [6.07, 6.45) is 7.34. The monoisotopic (exact) mass is 438 g/mol. The molecule has 6 heteroatoms. The van der Waals surface area contributed by atoms with Gasteiger partial charge < -0.3 is 14.6 Å². The summed E-state index contributed by atoms with van der Waals surface area (Å²) in [5.41, 5.74) is 6.02. The summed E-state index contributed by atoms with van der Waals surface area (Å²) in [5, 5.41) is 0. The molecule has 0 saturated carbocycles. The summed E-state index contributed by atoms with van der Waals surface area (Å²) in [4.78, 5) is 27.7. The van der Waals surface area contributed by atoms with Gasteiger partial charge in [0.15, 0.2) is 0 Å². The third kappa shape index (κ3) is 3.97. The van der Waals surface area contributed by atoms with Gasteiger partial charge in [-0.3, -0.25) is 9.78 Å². The van der Waals surface area contributed by atoms with Gasteiger partial charge in [0.25, 0.3) is 5.91 Å². The Bertz CT molecular complexity index is 1290. The van der Waals surface area contributed by atoms with Gasteiger partial charge in [0.2, 0.25) is 0 Å². The Hall–Kier alpha value is -3.67. The van der Waals surface area contributed by atoms with Gasteiger partial charge in [-0.05, 0) is 60.2 Å². The zero-order valence-electron chi connectivity index (χ0n) is 18.5. The smallest absolute Gasteiger partial charge is 0.255 e. The standard InChI is InChI=1S/C27H26N4O2/c32-27(22-15-21(16-28-17-22)19-5-6-25-20(14-19)9-12-33-25)31-10-7-18(8-11-31)13-26-29-23-3-1-2-4-24(23)30-26/h1-6,14-18H,7-13H2,(H,29,30). The Labute approximate surface area is 192 Å². The van der Waals surface area contributed by atoms with Crippen molar-refractivity contribution >= 4 is 16.9 Å². The zero-order chi connectivity index (χ0) is 22.2. The minimum atomic E-state index is 0.0658. The molecule has 33 heavy (non-hydrogen) atoms. The van der Waals surface area contributed by atoms with Gasteiger partial charge in [-0.1, -0.05) is 18.2 Å². The highest BCUT2D eigenvalue weighted by Gasteiger charge is 2.25. The van der Waals surface area contributed by atoms with Crippen LogP contribution in [-0.4, -0.2) is 45.5 Å². The fourth-order valence-electron chi connectivity index (χ4n) is 4.98. The first kappa shape index (κ1) is 20.0. The molecule has 4 heterocycles. The van der Waals surface area contributed by atoms with Crippen molar-refractivity contribution in [3.8, 4) is 16.9 Å². The molecule has 4 aromatic rings. The number of nitrogens with one attached hydrogen (secondary N) is 1. The molecule has 0 bridgehead atoms. The largest absolute Gasteiger partial charge is 0.493 e. The molecule has 2 aliphatic rings. The van der Waals surface area contributed by atoms with Crippen LogP contribution >= 0.6 is 0 Å². The Balaban J connectivity index is 1.11. The van der Waals surface area contributed by atoms with E-state index in [1.807, 2.05) is 47.5 Å². The molecule has 0 spiro atoms. The SMILES string of the molecule is O=C(c1cncc(-c2ccc3c(c2)CCO3)c1)N1CCC(Cc2nc3ccccc3[nH]2)CC1. The van der Waals surface area contributed by atoms with Crippen molar-refractivity contribution in [2.24, 2.45) is 5.92 Å². The number of ether oxygens (including phenoxy) is 1. The Morgan fingerprint density at radius 3 is 2.82 bits per heavy atom. The fraction of sp³-hybridized carbons (Fsp3) is 0.296. The van der Waals surface area contributed by atoms with E-state index in [0.29, 0.717) is 11.5 Å². The lowest BCUT2D eigenvalue weighted by Gasteiger charge is -2.31. The first-order valence-corrected chi connectivity index (χ1v) is 11.7. The lowest BCUT2D eigenvalue weighted by atomic mass is 9.93. The topological polar surface area (TPSA) is 71.1 Å². The van der Waals surface area contributed by atoms with E-state index in [2.05, 4.69) is 22.1 Å². The predicted molar refractivity (Wildman–Crippen MR) is 127 cm³/mol. The maximum atomic E-state index is 13.2. The van der Waals surface area contributed by atoms with Gasteiger partial charge in [-0.15, -0.1) is 0 Å². The number of benzene rings is 2. The molecule has 0 atom stereocenters. The molecule has 1 N–H and O–H groups in total. The second kappa shape index (κ2) is 8.35. The van der Waals surface area contributed by atoms with E-state index in [1.165, 1.54) is 5.56 Å². The average molecular weight is 439 g/mol. The number of amides is 1. The minimum absolute atomic E-state index is 0.0658. The summed E-state index contributed by atoms with van der Waals surface area (Å²) >= 11 is 0. The quantitative estimate of drug-likeness (QED) is 0.503. The number of imidazole rings is 1. The lowest BCUT2D eigenvalue weighted by Crippen LogP contribution is -2.39. The van der Waals surface area contributed by atoms with E-state index in [1.54, 1.807) is 6.20 Å². The predicted octanol–water partition coefficient (Wildman–Crippen LogP) is 4.65. The molecule has 0 aliphatic carbocycles. The molecular formula is C27H26N4O2. The Kier molecular flexibility index (Phi) is 5.06. The number of pyridine rings is 1. The normalized spacial score (nSPS) is 16.1. The Morgan fingerprint density at radius 1 is 1.06 bits per heavy atom. The minimum Gasteiger partial charge on any atom is -0.493 e. The Morgan fingerprint density at radius 2 is 1.94 bits per heavy atom. The summed E-state index contributed by atoms with van der Waals surface area (Å²) in [5.74, 6) is 2.60. The van der Waals surface area contributed by atoms with E-state index in [9.17, 15) is 4.79 Å². The summed E-state index contributed by atoms with van der Waals surface area (Å²) in [6, 6.07) is 16.3. The number of hydrogen-bond acceptors (Lipinski definition) is 4. The molecule has 1 amide bonds. The number of aromatic nitrogens is 3. The van der Waals surface area contributed by atoms with Crippen LogP contribution in [-0.2, 0) is 12.8 Å². The third-order valence-electron chi connectivity index (χ3n) is 6.83. The van der Waals surface area contributed by atoms with Crippen molar-refractivity contribution in [1.82, 2.24) is 19.9 Å². The molecule has 2 aromatic heterocycles. The van der Waals surface area contributed by atoms with E-state index < -0.39 is 0 Å². The molecule has 2 aliphatic heterocycles. The third-order valence-corrected chi connectivity index (χ3v) is 6.83. The first-order chi connectivity index (χ1) is 16.2. The first-order valence-electron chi connectivity index (χ1n) is 11.7. The van der Waals surface area contributed by atoms with Crippen LogP contribution in [0.4, 0.5) is 0 Å². The van der Waals surface area contributed by atoms with Crippen LogP contribution in [0.5, 0.6) is 5.75 Å². The number of carbonyl (C=O) groups excluding carboxylic acids is 1. The summed E-state index contributed by atoms with van der Waals surface area (Å²) in [6.45, 7) is 2.27. The lowest BCUT2D eigenvalue weighted by molar-refractivity contribution is 0.0689. The number of H-pyrrole nitrogens is 1. The molecule has 6 nitrogen and oxygen atoms in total. The van der Waals surface area contributed by atoms with Crippen LogP contribution in [0.1, 0.15) is 34.6 Å². The number of likely N-dealkylation sites (tertiary alicyclic amines) is 1. The molecule has 2 aromatic carbocycles. The maximum absolute atomic E-state index is 13.2. The van der Waals surface area contributed by atoms with Crippen LogP contribution in [0.25, 0.3) is 22.2 Å². The zero-order valence-corrected chi connectivity index (χ0v) is 18.5. The second-order valence-electron chi connectivity index (χ2n) is 9.02. The van der Waals surface area contributed by atoms with Crippen LogP contribution in [0.2, 0.25) is 0 Å². The van der Waals surface area contributed by atoms with Gasteiger partial charge in [-0.25, -0.2) is 4.98 Å². The second-order valence-corrected chi connectivity index (χ2v) is 9.02. The van der Waals surface area contributed by atoms with Crippen LogP contribution in [0.3, 0.4) is 0 Å². The number of hydrogen-bond donors (Lipinski definition) is 1. The van der Waals surface area contributed by atoms with Crippen LogP contribution in [0, 0.1) is 5.92 Å². The van der Waals surface area contributed by atoms with Gasteiger partial charge in [-0.2, -0.15) is 0 Å². The number of rotatable bonds is 4. The van der Waals surface area contributed by atoms with E-state index in [0.717, 1.165) is 79.1 Å². The number of carbonyl (C=O) groups is 1. The molecule has 166 valence electrons. The van der Waals surface area contributed by atoms with Crippen molar-refractivity contribution in [3.63, 3.8) is 0 Å². The van der Waals surface area contributed by atoms with Crippen molar-refractivity contribution in [3.05, 3.63) is 77.9 Å². The van der Waals surface area contributed by atoms with Gasteiger partial charge in [0, 0.05) is 43.9 Å². The number of piperidine rings is 1. The highest BCUT2D eigenvalue weighted by atomic mass is 16.5. The van der Waals surface area contributed by atoms with Crippen molar-refractivity contribution < 1.29 is 9.53 Å². The molecule has 0 unspecified atom stereocenters. The van der Waals surface area contributed by atoms with Gasteiger partial charge >= 0.3 is 0 Å².